The molecule has 0 aliphatic carbocycles. The number of hydrogen-bond donors (Lipinski definition) is 0. The van der Waals surface area contributed by atoms with Gasteiger partial charge in [-0.2, -0.15) is 9.78 Å². The minimum Gasteiger partial charge on any atom is -0.486 e. The van der Waals surface area contributed by atoms with Crippen LogP contribution in [-0.2, 0) is 6.61 Å². The molecule has 0 saturated carbocycles. The summed E-state index contributed by atoms with van der Waals surface area (Å²) in [6.45, 7) is 0.113. The molecule has 0 amide bonds. The molecule has 138 valence electrons. The first kappa shape index (κ1) is 17.9. The van der Waals surface area contributed by atoms with E-state index in [0.29, 0.717) is 27.5 Å². The molecule has 1 aromatic heterocycles. The van der Waals surface area contributed by atoms with Gasteiger partial charge in [-0.15, -0.1) is 0 Å². The van der Waals surface area contributed by atoms with Crippen LogP contribution in [0.3, 0.4) is 0 Å². The van der Waals surface area contributed by atoms with Crippen molar-refractivity contribution in [1.82, 2.24) is 9.66 Å². The second kappa shape index (κ2) is 8.06. The lowest BCUT2D eigenvalue weighted by atomic mass is 10.2. The second-order valence-electron chi connectivity index (χ2n) is 6.06. The maximum Gasteiger partial charge on any atom is 0.282 e. The van der Waals surface area contributed by atoms with Crippen LogP contribution in [0.5, 0.6) is 5.75 Å². The summed E-state index contributed by atoms with van der Waals surface area (Å²) in [5.74, 6) is 1.11. The summed E-state index contributed by atoms with van der Waals surface area (Å²) in [6.07, 6.45) is 1.60. The number of halogens is 1. The molecule has 4 rings (SSSR count). The van der Waals surface area contributed by atoms with Crippen LogP contribution >= 0.6 is 11.6 Å². The maximum absolute atomic E-state index is 13.0. The third-order valence-corrected chi connectivity index (χ3v) is 4.38. The highest BCUT2D eigenvalue weighted by Crippen LogP contribution is 2.13. The first-order valence-corrected chi connectivity index (χ1v) is 9.07. The standard InChI is InChI=1S/C22H16ClN3O2/c23-17-12-10-16(11-13-17)14-24-26-21(15-28-18-6-2-1-3-7-18)25-20-9-5-4-8-19(20)22(26)27/h1-14H,15H2/b24-14+. The zero-order chi connectivity index (χ0) is 19.3. The van der Waals surface area contributed by atoms with Crippen LogP contribution in [0.25, 0.3) is 10.9 Å². The lowest BCUT2D eigenvalue weighted by Crippen LogP contribution is -2.23. The monoisotopic (exact) mass is 389 g/mol. The molecule has 0 radical (unpaired) electrons. The van der Waals surface area contributed by atoms with Gasteiger partial charge in [-0.1, -0.05) is 54.1 Å². The summed E-state index contributed by atoms with van der Waals surface area (Å²) >= 11 is 5.92. The summed E-state index contributed by atoms with van der Waals surface area (Å²) in [6, 6.07) is 23.7. The molecule has 0 bridgehead atoms. The fraction of sp³-hybridized carbons (Fsp3) is 0.0455. The number of aromatic nitrogens is 2. The Morgan fingerprint density at radius 3 is 2.46 bits per heavy atom. The Morgan fingerprint density at radius 1 is 0.964 bits per heavy atom. The molecule has 0 spiro atoms. The van der Waals surface area contributed by atoms with Gasteiger partial charge in [-0.3, -0.25) is 4.79 Å². The van der Waals surface area contributed by atoms with Crippen molar-refractivity contribution in [2.45, 2.75) is 6.61 Å². The van der Waals surface area contributed by atoms with Crippen LogP contribution in [-0.4, -0.2) is 15.9 Å². The van der Waals surface area contributed by atoms with Gasteiger partial charge in [0.1, 0.15) is 12.4 Å². The number of benzene rings is 3. The van der Waals surface area contributed by atoms with Crippen LogP contribution in [0.1, 0.15) is 11.4 Å². The van der Waals surface area contributed by atoms with Crippen molar-refractivity contribution in [3.8, 4) is 5.75 Å². The van der Waals surface area contributed by atoms with E-state index < -0.39 is 0 Å². The molecular formula is C22H16ClN3O2. The summed E-state index contributed by atoms with van der Waals surface area (Å²) < 4.78 is 7.07. The van der Waals surface area contributed by atoms with E-state index in [1.54, 1.807) is 36.5 Å². The predicted molar refractivity (Wildman–Crippen MR) is 111 cm³/mol. The Bertz CT molecular complexity index is 1190. The predicted octanol–water partition coefficient (Wildman–Crippen LogP) is 4.51. The average molecular weight is 390 g/mol. The van der Waals surface area contributed by atoms with Gasteiger partial charge in [0.2, 0.25) is 0 Å². The van der Waals surface area contributed by atoms with E-state index in [1.807, 2.05) is 48.5 Å². The Kier molecular flexibility index (Phi) is 5.17. The van der Waals surface area contributed by atoms with Crippen molar-refractivity contribution < 1.29 is 4.74 Å². The number of ether oxygens (including phenoxy) is 1. The third-order valence-electron chi connectivity index (χ3n) is 4.12. The molecular weight excluding hydrogens is 374 g/mol. The van der Waals surface area contributed by atoms with Crippen molar-refractivity contribution in [2.75, 3.05) is 0 Å². The molecule has 0 aliphatic heterocycles. The van der Waals surface area contributed by atoms with E-state index in [4.69, 9.17) is 16.3 Å². The lowest BCUT2D eigenvalue weighted by molar-refractivity contribution is 0.289. The molecule has 4 aromatic rings. The lowest BCUT2D eigenvalue weighted by Gasteiger charge is -2.10. The van der Waals surface area contributed by atoms with Gasteiger partial charge in [-0.05, 0) is 42.0 Å². The molecule has 1 heterocycles. The SMILES string of the molecule is O=c1c2ccccc2nc(COc2ccccc2)n1/N=C/c1ccc(Cl)cc1. The van der Waals surface area contributed by atoms with Crippen molar-refractivity contribution in [1.29, 1.82) is 0 Å². The summed E-state index contributed by atoms with van der Waals surface area (Å²) in [5, 5.41) is 5.50. The summed E-state index contributed by atoms with van der Waals surface area (Å²) in [4.78, 5) is 17.5. The van der Waals surface area contributed by atoms with E-state index in [0.717, 1.165) is 5.56 Å². The van der Waals surface area contributed by atoms with Crippen LogP contribution in [0.4, 0.5) is 0 Å². The number of rotatable bonds is 5. The largest absolute Gasteiger partial charge is 0.486 e. The summed E-state index contributed by atoms with van der Waals surface area (Å²) in [5.41, 5.74) is 1.18. The van der Waals surface area contributed by atoms with E-state index in [-0.39, 0.29) is 12.2 Å². The van der Waals surface area contributed by atoms with E-state index >= 15 is 0 Å². The molecule has 0 aliphatic rings. The number of nitrogens with zero attached hydrogens (tertiary/aromatic N) is 3. The Labute approximate surface area is 166 Å². The van der Waals surface area contributed by atoms with Crippen molar-refractivity contribution in [3.05, 3.63) is 106 Å². The van der Waals surface area contributed by atoms with Gasteiger partial charge in [0.15, 0.2) is 5.82 Å². The van der Waals surface area contributed by atoms with Gasteiger partial charge >= 0.3 is 0 Å². The van der Waals surface area contributed by atoms with E-state index in [2.05, 4.69) is 10.1 Å². The Morgan fingerprint density at radius 2 is 1.68 bits per heavy atom. The highest BCUT2D eigenvalue weighted by atomic mass is 35.5. The van der Waals surface area contributed by atoms with Crippen LogP contribution < -0.4 is 10.3 Å². The number of fused-ring (bicyclic) bond motifs is 1. The molecule has 0 N–H and O–H groups in total. The molecule has 5 nitrogen and oxygen atoms in total. The maximum atomic E-state index is 13.0. The number of para-hydroxylation sites is 2. The topological polar surface area (TPSA) is 56.5 Å². The van der Waals surface area contributed by atoms with Crippen molar-refractivity contribution in [2.24, 2.45) is 5.10 Å². The number of hydrogen-bond acceptors (Lipinski definition) is 4. The second-order valence-corrected chi connectivity index (χ2v) is 6.50. The van der Waals surface area contributed by atoms with Crippen LogP contribution in [0.2, 0.25) is 5.02 Å². The first-order valence-electron chi connectivity index (χ1n) is 8.69. The van der Waals surface area contributed by atoms with E-state index in [9.17, 15) is 4.79 Å². The van der Waals surface area contributed by atoms with Gasteiger partial charge in [0.05, 0.1) is 17.1 Å². The molecule has 0 unspecified atom stereocenters. The summed E-state index contributed by atoms with van der Waals surface area (Å²) in [7, 11) is 0. The van der Waals surface area contributed by atoms with Crippen LogP contribution in [0, 0.1) is 0 Å². The Balaban J connectivity index is 1.74. The molecule has 0 atom stereocenters. The fourth-order valence-electron chi connectivity index (χ4n) is 2.72. The minimum atomic E-state index is -0.248. The molecule has 0 saturated heterocycles. The van der Waals surface area contributed by atoms with Crippen molar-refractivity contribution >= 4 is 28.7 Å². The normalized spacial score (nSPS) is 11.2. The van der Waals surface area contributed by atoms with Gasteiger partial charge in [0, 0.05) is 5.02 Å². The molecule has 0 fully saturated rings. The molecule has 6 heteroatoms. The zero-order valence-corrected chi connectivity index (χ0v) is 15.6. The zero-order valence-electron chi connectivity index (χ0n) is 14.8. The third kappa shape index (κ3) is 3.94. The quantitative estimate of drug-likeness (QED) is 0.472. The molecule has 28 heavy (non-hydrogen) atoms. The van der Waals surface area contributed by atoms with Crippen LogP contribution in [0.15, 0.2) is 88.8 Å². The first-order chi connectivity index (χ1) is 13.7. The van der Waals surface area contributed by atoms with Gasteiger partial charge in [-0.25, -0.2) is 4.98 Å². The van der Waals surface area contributed by atoms with E-state index in [1.165, 1.54) is 4.68 Å². The highest BCUT2D eigenvalue weighted by molar-refractivity contribution is 6.30. The fourth-order valence-corrected chi connectivity index (χ4v) is 2.85. The highest BCUT2D eigenvalue weighted by Gasteiger charge is 2.11. The molecule has 3 aromatic carbocycles. The average Bonchev–Trinajstić information content (AvgIpc) is 2.74. The minimum absolute atomic E-state index is 0.113. The van der Waals surface area contributed by atoms with Gasteiger partial charge in [0.25, 0.3) is 5.56 Å². The van der Waals surface area contributed by atoms with Crippen molar-refractivity contribution in [3.63, 3.8) is 0 Å². The van der Waals surface area contributed by atoms with Gasteiger partial charge < -0.3 is 4.74 Å². The Hall–Kier alpha value is -3.44. The smallest absolute Gasteiger partial charge is 0.282 e.